The second kappa shape index (κ2) is 9.01. The molecule has 140 valence electrons. The van der Waals surface area contributed by atoms with Gasteiger partial charge in [-0.2, -0.15) is 0 Å². The number of hydrogen-bond acceptors (Lipinski definition) is 4. The lowest BCUT2D eigenvalue weighted by molar-refractivity contribution is -0.134. The Balaban J connectivity index is 1.65. The fourth-order valence-corrected chi connectivity index (χ4v) is 3.51. The molecular weight excluding hydrogens is 326 g/mol. The van der Waals surface area contributed by atoms with Gasteiger partial charge >= 0.3 is 0 Å². The number of nitrogens with zero attached hydrogens (tertiary/aromatic N) is 3. The first kappa shape index (κ1) is 18.7. The molecule has 5 nitrogen and oxygen atoms in total. The molecule has 0 bridgehead atoms. The number of hydrogen-bond donors (Lipinski definition) is 0. The number of likely N-dealkylation sites (tertiary alicyclic amines) is 1. The lowest BCUT2D eigenvalue weighted by Gasteiger charge is -2.36. The van der Waals surface area contributed by atoms with Crippen LogP contribution in [0, 0.1) is 0 Å². The van der Waals surface area contributed by atoms with Gasteiger partial charge in [-0.15, -0.1) is 0 Å². The largest absolute Gasteiger partial charge is 0.467 e. The fraction of sp³-hybridized carbons (Fsp3) is 0.476. The monoisotopic (exact) mass is 355 g/mol. The van der Waals surface area contributed by atoms with Gasteiger partial charge in [0, 0.05) is 19.1 Å². The highest BCUT2D eigenvalue weighted by Crippen LogP contribution is 2.16. The van der Waals surface area contributed by atoms with E-state index in [-0.39, 0.29) is 5.91 Å². The first-order valence-corrected chi connectivity index (χ1v) is 9.34. The average Bonchev–Trinajstić information content (AvgIpc) is 3.15. The molecule has 2 heterocycles. The van der Waals surface area contributed by atoms with E-state index in [1.54, 1.807) is 6.26 Å². The molecular formula is C21H29N3O2. The summed E-state index contributed by atoms with van der Waals surface area (Å²) in [6.45, 7) is 3.53. The van der Waals surface area contributed by atoms with Gasteiger partial charge in [-0.3, -0.25) is 9.69 Å². The molecule has 0 aliphatic carbocycles. The molecule has 1 amide bonds. The van der Waals surface area contributed by atoms with Crippen molar-refractivity contribution in [1.82, 2.24) is 14.7 Å². The summed E-state index contributed by atoms with van der Waals surface area (Å²) in [7, 11) is 4.24. The van der Waals surface area contributed by atoms with Crippen LogP contribution in [0.15, 0.2) is 53.1 Å². The van der Waals surface area contributed by atoms with Crippen molar-refractivity contribution in [2.45, 2.75) is 32.0 Å². The number of piperidine rings is 1. The molecule has 1 atom stereocenters. The van der Waals surface area contributed by atoms with E-state index in [0.717, 1.165) is 30.8 Å². The molecule has 1 saturated heterocycles. The molecule has 0 radical (unpaired) electrons. The number of likely N-dealkylation sites (N-methyl/N-ethyl adjacent to an activating group) is 1. The van der Waals surface area contributed by atoms with Crippen molar-refractivity contribution in [3.63, 3.8) is 0 Å². The highest BCUT2D eigenvalue weighted by Gasteiger charge is 2.25. The smallest absolute Gasteiger partial charge is 0.237 e. The summed E-state index contributed by atoms with van der Waals surface area (Å²) >= 11 is 0. The maximum atomic E-state index is 13.0. The van der Waals surface area contributed by atoms with Gasteiger partial charge in [0.15, 0.2) is 0 Å². The summed E-state index contributed by atoms with van der Waals surface area (Å²) in [5.41, 5.74) is 1.14. The van der Waals surface area contributed by atoms with Crippen LogP contribution in [0.2, 0.25) is 0 Å². The predicted octanol–water partition coefficient (Wildman–Crippen LogP) is 2.83. The van der Waals surface area contributed by atoms with Crippen LogP contribution >= 0.6 is 0 Å². The molecule has 0 saturated carbocycles. The van der Waals surface area contributed by atoms with Crippen molar-refractivity contribution in [2.24, 2.45) is 0 Å². The topological polar surface area (TPSA) is 39.9 Å². The third-order valence-corrected chi connectivity index (χ3v) is 5.07. The second-order valence-electron chi connectivity index (χ2n) is 7.31. The van der Waals surface area contributed by atoms with E-state index < -0.39 is 0 Å². The predicted molar refractivity (Wildman–Crippen MR) is 103 cm³/mol. The molecule has 0 spiro atoms. The molecule has 1 aromatic heterocycles. The lowest BCUT2D eigenvalue weighted by atomic mass is 10.0. The normalized spacial score (nSPS) is 18.2. The van der Waals surface area contributed by atoms with Crippen molar-refractivity contribution in [3.05, 3.63) is 60.1 Å². The highest BCUT2D eigenvalue weighted by molar-refractivity contribution is 5.78. The van der Waals surface area contributed by atoms with Gasteiger partial charge in [-0.25, -0.2) is 0 Å². The van der Waals surface area contributed by atoms with Gasteiger partial charge in [0.2, 0.25) is 5.91 Å². The van der Waals surface area contributed by atoms with Crippen LogP contribution in [0.1, 0.15) is 24.2 Å². The number of furan rings is 1. The molecule has 3 rings (SSSR count). The molecule has 26 heavy (non-hydrogen) atoms. The quantitative estimate of drug-likeness (QED) is 0.766. The summed E-state index contributed by atoms with van der Waals surface area (Å²) in [6.07, 6.45) is 4.01. The third-order valence-electron chi connectivity index (χ3n) is 5.07. The molecule has 1 fully saturated rings. The molecule has 2 aromatic rings. The van der Waals surface area contributed by atoms with E-state index >= 15 is 0 Å². The standard InChI is InChI=1S/C21H29N3O2/c1-22(2)19-10-6-12-23(15-19)17-21(25)24(16-20-11-7-13-26-20)14-18-8-4-3-5-9-18/h3-5,7-9,11,13,19H,6,10,12,14-17H2,1-2H3. The van der Waals surface area contributed by atoms with Gasteiger partial charge in [0.1, 0.15) is 5.76 Å². The van der Waals surface area contributed by atoms with E-state index in [1.807, 2.05) is 35.2 Å². The van der Waals surface area contributed by atoms with Gasteiger partial charge in [-0.1, -0.05) is 30.3 Å². The van der Waals surface area contributed by atoms with Crippen LogP contribution in [-0.2, 0) is 17.9 Å². The number of amides is 1. The first-order valence-electron chi connectivity index (χ1n) is 9.34. The summed E-state index contributed by atoms with van der Waals surface area (Å²) in [5, 5.41) is 0. The first-order chi connectivity index (χ1) is 12.6. The van der Waals surface area contributed by atoms with E-state index in [9.17, 15) is 4.79 Å². The Kier molecular flexibility index (Phi) is 6.47. The van der Waals surface area contributed by atoms with Crippen LogP contribution in [-0.4, -0.2) is 60.4 Å². The Hall–Kier alpha value is -2.11. The number of carbonyl (C=O) groups excluding carboxylic acids is 1. The van der Waals surface area contributed by atoms with E-state index in [2.05, 4.69) is 36.0 Å². The Labute approximate surface area is 156 Å². The number of rotatable bonds is 7. The Morgan fingerprint density at radius 2 is 1.96 bits per heavy atom. The second-order valence-corrected chi connectivity index (χ2v) is 7.31. The van der Waals surface area contributed by atoms with Crippen molar-refractivity contribution in [2.75, 3.05) is 33.7 Å². The maximum absolute atomic E-state index is 13.0. The Morgan fingerprint density at radius 1 is 1.15 bits per heavy atom. The zero-order valence-corrected chi connectivity index (χ0v) is 15.8. The molecule has 1 unspecified atom stereocenters. The van der Waals surface area contributed by atoms with Crippen molar-refractivity contribution < 1.29 is 9.21 Å². The van der Waals surface area contributed by atoms with Gasteiger partial charge in [-0.05, 0) is 51.2 Å². The van der Waals surface area contributed by atoms with Gasteiger partial charge in [0.25, 0.3) is 0 Å². The summed E-state index contributed by atoms with van der Waals surface area (Å²) in [6, 6.07) is 14.5. The summed E-state index contributed by atoms with van der Waals surface area (Å²) < 4.78 is 5.48. The van der Waals surface area contributed by atoms with Crippen molar-refractivity contribution in [1.29, 1.82) is 0 Å². The zero-order valence-electron chi connectivity index (χ0n) is 15.8. The van der Waals surface area contributed by atoms with Gasteiger partial charge < -0.3 is 14.2 Å². The van der Waals surface area contributed by atoms with Crippen molar-refractivity contribution >= 4 is 5.91 Å². The average molecular weight is 355 g/mol. The van der Waals surface area contributed by atoms with Gasteiger partial charge in [0.05, 0.1) is 19.4 Å². The molecule has 1 aliphatic heterocycles. The van der Waals surface area contributed by atoms with E-state index in [0.29, 0.717) is 25.7 Å². The SMILES string of the molecule is CN(C)C1CCCN(CC(=O)N(Cc2ccccc2)Cc2ccco2)C1. The number of benzene rings is 1. The highest BCUT2D eigenvalue weighted by atomic mass is 16.3. The minimum atomic E-state index is 0.157. The zero-order chi connectivity index (χ0) is 18.4. The number of carbonyl (C=O) groups is 1. The lowest BCUT2D eigenvalue weighted by Crippen LogP contribution is -2.48. The minimum absolute atomic E-state index is 0.157. The third kappa shape index (κ3) is 5.19. The van der Waals surface area contributed by atoms with Crippen LogP contribution < -0.4 is 0 Å². The van der Waals surface area contributed by atoms with Crippen LogP contribution in [0.5, 0.6) is 0 Å². The van der Waals surface area contributed by atoms with Crippen LogP contribution in [0.3, 0.4) is 0 Å². The van der Waals surface area contributed by atoms with E-state index in [1.165, 1.54) is 6.42 Å². The Morgan fingerprint density at radius 3 is 2.65 bits per heavy atom. The Bertz CT molecular complexity index is 670. The van der Waals surface area contributed by atoms with Crippen LogP contribution in [0.25, 0.3) is 0 Å². The van der Waals surface area contributed by atoms with E-state index in [4.69, 9.17) is 4.42 Å². The molecule has 1 aliphatic rings. The summed E-state index contributed by atoms with van der Waals surface area (Å²) in [5.74, 6) is 0.976. The molecule has 1 aromatic carbocycles. The summed E-state index contributed by atoms with van der Waals surface area (Å²) in [4.78, 5) is 19.5. The molecule has 0 N–H and O–H groups in total. The fourth-order valence-electron chi connectivity index (χ4n) is 3.51. The molecule has 5 heteroatoms. The maximum Gasteiger partial charge on any atom is 0.237 e. The van der Waals surface area contributed by atoms with Crippen molar-refractivity contribution in [3.8, 4) is 0 Å². The minimum Gasteiger partial charge on any atom is -0.467 e. The van der Waals surface area contributed by atoms with Crippen LogP contribution in [0.4, 0.5) is 0 Å².